The number of carboxylic acid groups (broad SMARTS) is 1. The number of carbonyl (C=O) groups excluding carboxylic acids is 1. The van der Waals surface area contributed by atoms with Gasteiger partial charge in [0.15, 0.2) is 0 Å². The minimum atomic E-state index is -3.57. The summed E-state index contributed by atoms with van der Waals surface area (Å²) in [7, 11) is -3.57. The Bertz CT molecular complexity index is 1270. The van der Waals surface area contributed by atoms with Crippen molar-refractivity contribution in [2.45, 2.75) is 6.54 Å². The van der Waals surface area contributed by atoms with Gasteiger partial charge in [-0.05, 0) is 59.7 Å². The second-order valence-electron chi connectivity index (χ2n) is 7.07. The van der Waals surface area contributed by atoms with E-state index in [9.17, 15) is 18.0 Å². The van der Waals surface area contributed by atoms with Crippen molar-refractivity contribution in [2.75, 3.05) is 10.6 Å². The highest BCUT2D eigenvalue weighted by molar-refractivity contribution is 7.92. The highest BCUT2D eigenvalue weighted by Gasteiger charge is 2.18. The first-order valence-electron chi connectivity index (χ1n) is 9.62. The average molecular weight is 486 g/mol. The van der Waals surface area contributed by atoms with Crippen LogP contribution in [0.2, 0.25) is 5.02 Å². The van der Waals surface area contributed by atoms with Crippen LogP contribution in [0.15, 0.2) is 77.9 Å². The zero-order chi connectivity index (χ0) is 24.0. The van der Waals surface area contributed by atoms with E-state index in [-0.39, 0.29) is 17.7 Å². The molecule has 0 aromatic heterocycles. The Kier molecular flexibility index (Phi) is 7.47. The third-order valence-corrected chi connectivity index (χ3v) is 5.99. The topological polar surface area (TPSA) is 116 Å². The molecule has 0 unspecified atom stereocenters. The van der Waals surface area contributed by atoms with Gasteiger partial charge in [0.1, 0.15) is 0 Å². The van der Waals surface area contributed by atoms with E-state index in [4.69, 9.17) is 16.7 Å². The van der Waals surface area contributed by atoms with Gasteiger partial charge in [-0.3, -0.25) is 9.10 Å². The fourth-order valence-electron chi connectivity index (χ4n) is 2.88. The van der Waals surface area contributed by atoms with Crippen LogP contribution in [0.25, 0.3) is 0 Å². The summed E-state index contributed by atoms with van der Waals surface area (Å²) in [6.07, 6.45) is 2.50. The summed E-state index contributed by atoms with van der Waals surface area (Å²) >= 11 is 5.89. The highest BCUT2D eigenvalue weighted by Crippen LogP contribution is 2.22. The second kappa shape index (κ2) is 10.3. The molecule has 0 bridgehead atoms. The van der Waals surface area contributed by atoms with Crippen LogP contribution in [0.5, 0.6) is 0 Å². The standard InChI is InChI=1S/C23H20ClN3O5S/c1-33(31,32)27(15-17-4-10-20(24)11-5-17)21-12-8-18(9-13-21)22(28)26-25-14-16-2-6-19(7-3-16)23(29)30/h2-14H,15H2,1H3,(H,26,28)(H,29,30)/b25-14+. The Labute approximate surface area is 196 Å². The smallest absolute Gasteiger partial charge is 0.335 e. The minimum Gasteiger partial charge on any atom is -0.478 e. The molecule has 0 aliphatic heterocycles. The first-order chi connectivity index (χ1) is 15.6. The number of aromatic carboxylic acids is 1. The molecule has 3 aromatic rings. The number of halogens is 1. The van der Waals surface area contributed by atoms with Crippen molar-refractivity contribution in [3.63, 3.8) is 0 Å². The summed E-state index contributed by atoms with van der Waals surface area (Å²) in [5, 5.41) is 13.3. The van der Waals surface area contributed by atoms with Crippen LogP contribution in [-0.2, 0) is 16.6 Å². The maximum atomic E-state index is 12.3. The molecule has 3 rings (SSSR count). The van der Waals surface area contributed by atoms with Crippen molar-refractivity contribution >= 4 is 45.4 Å². The van der Waals surface area contributed by atoms with Crippen LogP contribution < -0.4 is 9.73 Å². The first kappa shape index (κ1) is 24.0. The summed E-state index contributed by atoms with van der Waals surface area (Å²) in [5.74, 6) is -1.51. The van der Waals surface area contributed by atoms with Crippen LogP contribution in [0.1, 0.15) is 31.8 Å². The molecule has 8 nitrogen and oxygen atoms in total. The van der Waals surface area contributed by atoms with Crippen molar-refractivity contribution in [3.05, 3.63) is 100 Å². The monoisotopic (exact) mass is 485 g/mol. The van der Waals surface area contributed by atoms with Crippen molar-refractivity contribution in [3.8, 4) is 0 Å². The summed E-state index contributed by atoms with van der Waals surface area (Å²) in [6, 6.07) is 18.9. The number of sulfonamides is 1. The molecule has 1 amide bonds. The van der Waals surface area contributed by atoms with E-state index in [2.05, 4.69) is 10.5 Å². The van der Waals surface area contributed by atoms with E-state index in [1.165, 1.54) is 34.8 Å². The molecular weight excluding hydrogens is 466 g/mol. The summed E-state index contributed by atoms with van der Waals surface area (Å²) in [4.78, 5) is 23.2. The number of nitrogens with one attached hydrogen (secondary N) is 1. The predicted molar refractivity (Wildman–Crippen MR) is 127 cm³/mol. The molecule has 0 saturated heterocycles. The number of hydrogen-bond acceptors (Lipinski definition) is 5. The van der Waals surface area contributed by atoms with Gasteiger partial charge in [0, 0.05) is 10.6 Å². The van der Waals surface area contributed by atoms with Crippen LogP contribution >= 0.6 is 11.6 Å². The number of benzene rings is 3. The van der Waals surface area contributed by atoms with Crippen molar-refractivity contribution in [2.24, 2.45) is 5.10 Å². The maximum Gasteiger partial charge on any atom is 0.335 e. The number of hydrogen-bond donors (Lipinski definition) is 2. The van der Waals surface area contributed by atoms with Gasteiger partial charge in [0.25, 0.3) is 5.91 Å². The number of hydrazone groups is 1. The molecule has 170 valence electrons. The number of carbonyl (C=O) groups is 2. The largest absolute Gasteiger partial charge is 0.478 e. The van der Waals surface area contributed by atoms with E-state index in [1.807, 2.05) is 0 Å². The van der Waals surface area contributed by atoms with Crippen LogP contribution in [-0.4, -0.2) is 37.9 Å². The Morgan fingerprint density at radius 2 is 1.55 bits per heavy atom. The Hall–Kier alpha value is -3.69. The SMILES string of the molecule is CS(=O)(=O)N(Cc1ccc(Cl)cc1)c1ccc(C(=O)N/N=C/c2ccc(C(=O)O)cc2)cc1. The number of amides is 1. The molecule has 0 radical (unpaired) electrons. The second-order valence-corrected chi connectivity index (χ2v) is 9.41. The molecule has 0 spiro atoms. The lowest BCUT2D eigenvalue weighted by Crippen LogP contribution is -2.29. The van der Waals surface area contributed by atoms with E-state index in [0.717, 1.165) is 11.8 Å². The Morgan fingerprint density at radius 3 is 2.09 bits per heavy atom. The van der Waals surface area contributed by atoms with E-state index in [0.29, 0.717) is 16.3 Å². The molecule has 0 atom stereocenters. The van der Waals surface area contributed by atoms with Gasteiger partial charge < -0.3 is 5.11 Å². The van der Waals surface area contributed by atoms with E-state index < -0.39 is 21.9 Å². The van der Waals surface area contributed by atoms with Crippen molar-refractivity contribution in [1.82, 2.24) is 5.43 Å². The van der Waals surface area contributed by atoms with Gasteiger partial charge in [0.2, 0.25) is 10.0 Å². The molecule has 0 heterocycles. The molecule has 33 heavy (non-hydrogen) atoms. The third kappa shape index (κ3) is 6.64. The number of rotatable bonds is 8. The van der Waals surface area contributed by atoms with Gasteiger partial charge in [-0.15, -0.1) is 0 Å². The average Bonchev–Trinajstić information content (AvgIpc) is 2.78. The molecule has 0 fully saturated rings. The van der Waals surface area contributed by atoms with E-state index >= 15 is 0 Å². The van der Waals surface area contributed by atoms with Gasteiger partial charge >= 0.3 is 5.97 Å². The summed E-state index contributed by atoms with van der Waals surface area (Å²) < 4.78 is 25.9. The van der Waals surface area contributed by atoms with Crippen LogP contribution in [0.4, 0.5) is 5.69 Å². The van der Waals surface area contributed by atoms with Crippen LogP contribution in [0, 0.1) is 0 Å². The Balaban J connectivity index is 1.68. The summed E-state index contributed by atoms with van der Waals surface area (Å²) in [6.45, 7) is 0.118. The lowest BCUT2D eigenvalue weighted by molar-refractivity contribution is 0.0696. The predicted octanol–water partition coefficient (Wildman–Crippen LogP) is 3.77. The molecule has 3 aromatic carbocycles. The fourth-order valence-corrected chi connectivity index (χ4v) is 3.89. The maximum absolute atomic E-state index is 12.3. The van der Waals surface area contributed by atoms with Gasteiger partial charge in [-0.25, -0.2) is 18.6 Å². The zero-order valence-electron chi connectivity index (χ0n) is 17.5. The molecule has 10 heteroatoms. The first-order valence-corrected chi connectivity index (χ1v) is 11.8. The minimum absolute atomic E-state index is 0.118. The van der Waals surface area contributed by atoms with Gasteiger partial charge in [-0.2, -0.15) is 5.10 Å². The lowest BCUT2D eigenvalue weighted by Gasteiger charge is -2.22. The normalized spacial score (nSPS) is 11.3. The highest BCUT2D eigenvalue weighted by atomic mass is 35.5. The molecule has 0 aliphatic rings. The lowest BCUT2D eigenvalue weighted by atomic mass is 10.1. The molecular formula is C23H20ClN3O5S. The van der Waals surface area contributed by atoms with Gasteiger partial charge in [0.05, 0.1) is 30.3 Å². The van der Waals surface area contributed by atoms with Gasteiger partial charge in [-0.1, -0.05) is 35.9 Å². The number of carboxylic acids is 1. The van der Waals surface area contributed by atoms with Crippen LogP contribution in [0.3, 0.4) is 0 Å². The molecule has 0 saturated carbocycles. The van der Waals surface area contributed by atoms with E-state index in [1.54, 1.807) is 48.5 Å². The van der Waals surface area contributed by atoms with Crippen molar-refractivity contribution in [1.29, 1.82) is 0 Å². The summed E-state index contributed by atoms with van der Waals surface area (Å²) in [5.41, 5.74) is 4.60. The quantitative estimate of drug-likeness (QED) is 0.372. The fraction of sp³-hybridized carbons (Fsp3) is 0.0870. The molecule has 2 N–H and O–H groups in total. The number of nitrogens with zero attached hydrogens (tertiary/aromatic N) is 2. The Morgan fingerprint density at radius 1 is 0.970 bits per heavy atom. The molecule has 0 aliphatic carbocycles. The number of anilines is 1. The van der Waals surface area contributed by atoms with Crippen molar-refractivity contribution < 1.29 is 23.1 Å². The zero-order valence-corrected chi connectivity index (χ0v) is 19.0. The third-order valence-electron chi connectivity index (χ3n) is 4.59.